The second-order valence-corrected chi connectivity index (χ2v) is 3.90. The maximum Gasteiger partial charge on any atom is 0.00705 e. The second-order valence-electron chi connectivity index (χ2n) is 3.90. The largest absolute Gasteiger partial charge is 0.328 e. The van der Waals surface area contributed by atoms with Crippen molar-refractivity contribution in [3.63, 3.8) is 0 Å². The van der Waals surface area contributed by atoms with Gasteiger partial charge < -0.3 is 11.5 Å². The number of rotatable bonds is 0. The van der Waals surface area contributed by atoms with Gasteiger partial charge in [-0.15, -0.1) is 0 Å². The van der Waals surface area contributed by atoms with Crippen molar-refractivity contribution in [2.75, 3.05) is 0 Å². The smallest absolute Gasteiger partial charge is 0.00705 e. The maximum atomic E-state index is 5.93. The van der Waals surface area contributed by atoms with E-state index < -0.39 is 0 Å². The van der Waals surface area contributed by atoms with Gasteiger partial charge in [-0.05, 0) is 37.5 Å². The zero-order valence-electron chi connectivity index (χ0n) is 6.29. The summed E-state index contributed by atoms with van der Waals surface area (Å²) < 4.78 is 0. The van der Waals surface area contributed by atoms with Crippen molar-refractivity contribution in [2.45, 2.75) is 37.8 Å². The summed E-state index contributed by atoms with van der Waals surface area (Å²) in [5.41, 5.74) is 11.8. The van der Waals surface area contributed by atoms with E-state index in [1.54, 1.807) is 0 Å². The lowest BCUT2D eigenvalue weighted by Crippen LogP contribution is -2.26. The van der Waals surface area contributed by atoms with Crippen molar-refractivity contribution in [1.29, 1.82) is 0 Å². The van der Waals surface area contributed by atoms with Crippen LogP contribution >= 0.6 is 0 Å². The average Bonchev–Trinajstić information content (AvgIpc) is 2.35. The molecule has 0 radical (unpaired) electrons. The number of hydrogen-bond donors (Lipinski definition) is 2. The van der Waals surface area contributed by atoms with Crippen LogP contribution < -0.4 is 11.5 Å². The molecule has 0 aromatic rings. The standard InChI is InChI=1S/C8H16N2/c9-6-3-5-1-2-8(10)7(5)4-6/h5-8H,1-4,9-10H2. The molecule has 2 saturated carbocycles. The van der Waals surface area contributed by atoms with Gasteiger partial charge in [-0.25, -0.2) is 0 Å². The van der Waals surface area contributed by atoms with E-state index in [1.165, 1.54) is 25.7 Å². The molecule has 4 unspecified atom stereocenters. The molecular formula is C8H16N2. The summed E-state index contributed by atoms with van der Waals surface area (Å²) in [7, 11) is 0. The molecule has 2 aliphatic carbocycles. The molecule has 0 aliphatic heterocycles. The van der Waals surface area contributed by atoms with Crippen LogP contribution in [0.4, 0.5) is 0 Å². The zero-order valence-corrected chi connectivity index (χ0v) is 6.29. The van der Waals surface area contributed by atoms with Crippen molar-refractivity contribution in [3.8, 4) is 0 Å². The minimum atomic E-state index is 0.460. The first kappa shape index (κ1) is 6.62. The number of fused-ring (bicyclic) bond motifs is 1. The minimum Gasteiger partial charge on any atom is -0.328 e. The molecule has 0 heterocycles. The molecule has 10 heavy (non-hydrogen) atoms. The van der Waals surface area contributed by atoms with Gasteiger partial charge in [-0.1, -0.05) is 0 Å². The Bertz CT molecular complexity index is 135. The first-order valence-corrected chi connectivity index (χ1v) is 4.28. The van der Waals surface area contributed by atoms with Gasteiger partial charge in [0, 0.05) is 12.1 Å². The Morgan fingerprint density at radius 3 is 2.50 bits per heavy atom. The van der Waals surface area contributed by atoms with Crippen LogP contribution in [0.3, 0.4) is 0 Å². The van der Waals surface area contributed by atoms with Crippen LogP contribution in [0.1, 0.15) is 25.7 Å². The van der Waals surface area contributed by atoms with E-state index in [2.05, 4.69) is 0 Å². The molecule has 2 rings (SSSR count). The molecule has 2 heteroatoms. The minimum absolute atomic E-state index is 0.460. The quantitative estimate of drug-likeness (QED) is 0.513. The SMILES string of the molecule is NC1CC2CCC(N)C2C1. The Morgan fingerprint density at radius 2 is 1.80 bits per heavy atom. The van der Waals surface area contributed by atoms with Crippen molar-refractivity contribution < 1.29 is 0 Å². The Balaban J connectivity index is 2.05. The van der Waals surface area contributed by atoms with E-state index in [1.807, 2.05) is 0 Å². The maximum absolute atomic E-state index is 5.93. The van der Waals surface area contributed by atoms with Crippen LogP contribution in [-0.2, 0) is 0 Å². The van der Waals surface area contributed by atoms with Crippen molar-refractivity contribution in [3.05, 3.63) is 0 Å². The highest BCUT2D eigenvalue weighted by Gasteiger charge is 2.40. The topological polar surface area (TPSA) is 52.0 Å². The van der Waals surface area contributed by atoms with Gasteiger partial charge in [-0.3, -0.25) is 0 Å². The first-order chi connectivity index (χ1) is 4.77. The Labute approximate surface area is 62.0 Å². The van der Waals surface area contributed by atoms with E-state index >= 15 is 0 Å². The monoisotopic (exact) mass is 140 g/mol. The fraction of sp³-hybridized carbons (Fsp3) is 1.00. The summed E-state index contributed by atoms with van der Waals surface area (Å²) in [6, 6.07) is 0.930. The van der Waals surface area contributed by atoms with Crippen LogP contribution in [0, 0.1) is 11.8 Å². The predicted octanol–water partition coefficient (Wildman–Crippen LogP) is 0.461. The van der Waals surface area contributed by atoms with Crippen LogP contribution in [0.15, 0.2) is 0 Å². The third-order valence-electron chi connectivity index (χ3n) is 3.21. The molecule has 0 aromatic heterocycles. The highest BCUT2D eigenvalue weighted by atomic mass is 14.7. The molecule has 2 aliphatic rings. The Morgan fingerprint density at radius 1 is 1.00 bits per heavy atom. The van der Waals surface area contributed by atoms with Crippen LogP contribution in [0.25, 0.3) is 0 Å². The van der Waals surface area contributed by atoms with E-state index in [0.29, 0.717) is 12.1 Å². The lowest BCUT2D eigenvalue weighted by Gasteiger charge is -2.12. The number of nitrogens with two attached hydrogens (primary N) is 2. The van der Waals surface area contributed by atoms with E-state index in [0.717, 1.165) is 11.8 Å². The molecule has 0 spiro atoms. The van der Waals surface area contributed by atoms with Gasteiger partial charge in [0.15, 0.2) is 0 Å². The van der Waals surface area contributed by atoms with Crippen molar-refractivity contribution in [2.24, 2.45) is 23.3 Å². The fourth-order valence-corrected chi connectivity index (χ4v) is 2.68. The third-order valence-corrected chi connectivity index (χ3v) is 3.21. The van der Waals surface area contributed by atoms with E-state index in [4.69, 9.17) is 11.5 Å². The summed E-state index contributed by atoms with van der Waals surface area (Å²) >= 11 is 0. The Kier molecular flexibility index (Phi) is 1.46. The summed E-state index contributed by atoms with van der Waals surface area (Å²) in [6.07, 6.45) is 4.99. The second kappa shape index (κ2) is 2.21. The van der Waals surface area contributed by atoms with Gasteiger partial charge in [0.1, 0.15) is 0 Å². The van der Waals surface area contributed by atoms with Crippen molar-refractivity contribution in [1.82, 2.24) is 0 Å². The summed E-state index contributed by atoms with van der Waals surface area (Å²) in [4.78, 5) is 0. The summed E-state index contributed by atoms with van der Waals surface area (Å²) in [5, 5.41) is 0. The predicted molar refractivity (Wildman–Crippen MR) is 41.4 cm³/mol. The lowest BCUT2D eigenvalue weighted by atomic mass is 9.98. The molecule has 0 amide bonds. The molecule has 0 saturated heterocycles. The van der Waals surface area contributed by atoms with Crippen LogP contribution in [0.2, 0.25) is 0 Å². The van der Waals surface area contributed by atoms with Gasteiger partial charge in [0.2, 0.25) is 0 Å². The van der Waals surface area contributed by atoms with Crippen LogP contribution in [-0.4, -0.2) is 12.1 Å². The fourth-order valence-electron chi connectivity index (χ4n) is 2.68. The van der Waals surface area contributed by atoms with Gasteiger partial charge in [0.25, 0.3) is 0 Å². The molecular weight excluding hydrogens is 124 g/mol. The molecule has 0 aromatic carbocycles. The number of hydrogen-bond acceptors (Lipinski definition) is 2. The summed E-state index contributed by atoms with van der Waals surface area (Å²) in [5.74, 6) is 1.65. The first-order valence-electron chi connectivity index (χ1n) is 4.28. The summed E-state index contributed by atoms with van der Waals surface area (Å²) in [6.45, 7) is 0. The van der Waals surface area contributed by atoms with Crippen LogP contribution in [0.5, 0.6) is 0 Å². The molecule has 0 bridgehead atoms. The highest BCUT2D eigenvalue weighted by Crippen LogP contribution is 2.42. The van der Waals surface area contributed by atoms with E-state index in [9.17, 15) is 0 Å². The average molecular weight is 140 g/mol. The van der Waals surface area contributed by atoms with E-state index in [-0.39, 0.29) is 0 Å². The lowest BCUT2D eigenvalue weighted by molar-refractivity contribution is 0.420. The van der Waals surface area contributed by atoms with Gasteiger partial charge >= 0.3 is 0 Å². The molecule has 58 valence electrons. The molecule has 4 atom stereocenters. The molecule has 2 nitrogen and oxygen atoms in total. The van der Waals surface area contributed by atoms with Gasteiger partial charge in [0.05, 0.1) is 0 Å². The van der Waals surface area contributed by atoms with Crippen molar-refractivity contribution >= 4 is 0 Å². The normalized spacial score (nSPS) is 53.4. The molecule has 2 fully saturated rings. The van der Waals surface area contributed by atoms with Gasteiger partial charge in [-0.2, -0.15) is 0 Å². The molecule has 4 N–H and O–H groups in total. The highest BCUT2D eigenvalue weighted by molar-refractivity contribution is 4.95. The third kappa shape index (κ3) is 0.867. The Hall–Kier alpha value is -0.0800. The zero-order chi connectivity index (χ0) is 7.14.